The van der Waals surface area contributed by atoms with Gasteiger partial charge in [0.2, 0.25) is 5.91 Å². The normalized spacial score (nSPS) is 12.1. The highest BCUT2D eigenvalue weighted by Gasteiger charge is 2.12. The van der Waals surface area contributed by atoms with E-state index in [1.54, 1.807) is 37.4 Å². The third-order valence-corrected chi connectivity index (χ3v) is 4.24. The smallest absolute Gasteiger partial charge is 0.248 e. The molecule has 26 heavy (non-hydrogen) atoms. The first-order valence-corrected chi connectivity index (χ1v) is 8.47. The lowest BCUT2D eigenvalue weighted by Crippen LogP contribution is -2.38. The lowest BCUT2D eigenvalue weighted by Gasteiger charge is -2.19. The summed E-state index contributed by atoms with van der Waals surface area (Å²) in [5.41, 5.74) is 7.63. The maximum atomic E-state index is 11.2. The number of nitrogens with zero attached hydrogens (tertiary/aromatic N) is 1. The Morgan fingerprint density at radius 1 is 1.23 bits per heavy atom. The van der Waals surface area contributed by atoms with Crippen molar-refractivity contribution in [3.63, 3.8) is 0 Å². The third kappa shape index (κ3) is 6.34. The fourth-order valence-corrected chi connectivity index (χ4v) is 2.92. The Morgan fingerprint density at radius 2 is 1.96 bits per heavy atom. The molecule has 0 aliphatic heterocycles. The molecule has 2 rings (SSSR count). The monoisotopic (exact) mass is 506 g/mol. The number of halogens is 3. The van der Waals surface area contributed by atoms with Crippen LogP contribution in [0.2, 0.25) is 10.0 Å². The van der Waals surface area contributed by atoms with Crippen LogP contribution in [0.5, 0.6) is 0 Å². The van der Waals surface area contributed by atoms with Crippen LogP contribution >= 0.6 is 47.2 Å². The Kier molecular flexibility index (Phi) is 9.18. The Bertz CT molecular complexity index is 799. The topological polar surface area (TPSA) is 79.5 Å². The van der Waals surface area contributed by atoms with Crippen molar-refractivity contribution in [2.45, 2.75) is 19.5 Å². The summed E-state index contributed by atoms with van der Waals surface area (Å²) < 4.78 is 0. The van der Waals surface area contributed by atoms with Gasteiger partial charge in [0.05, 0.1) is 6.04 Å². The molecule has 5 nitrogen and oxygen atoms in total. The minimum atomic E-state index is -0.449. The molecule has 0 aromatic heterocycles. The zero-order valence-electron chi connectivity index (χ0n) is 14.4. The third-order valence-electron chi connectivity index (χ3n) is 3.68. The minimum absolute atomic E-state index is 0. The standard InChI is InChI=1S/C18H20Cl2N4O.HI/c1-11(15-7-6-14(19)9-16(15)20)24-18(22-2)23-10-12-4-3-5-13(8-12)17(21)25;/h3-9,11H,10H2,1-2H3,(H2,21,25)(H2,22,23,24);1H. The predicted molar refractivity (Wildman–Crippen MR) is 119 cm³/mol. The number of nitrogens with two attached hydrogens (primary N) is 1. The summed E-state index contributed by atoms with van der Waals surface area (Å²) in [7, 11) is 1.69. The molecule has 0 saturated heterocycles. The first-order valence-electron chi connectivity index (χ1n) is 7.71. The number of benzene rings is 2. The summed E-state index contributed by atoms with van der Waals surface area (Å²) in [5, 5.41) is 7.66. The lowest BCUT2D eigenvalue weighted by atomic mass is 10.1. The van der Waals surface area contributed by atoms with E-state index in [0.717, 1.165) is 11.1 Å². The van der Waals surface area contributed by atoms with Crippen LogP contribution in [0.1, 0.15) is 34.5 Å². The minimum Gasteiger partial charge on any atom is -0.366 e. The molecule has 2 aromatic rings. The summed E-state index contributed by atoms with van der Waals surface area (Å²) in [6.45, 7) is 2.48. The molecule has 1 amide bonds. The molecular formula is C18H21Cl2IN4O. The molecule has 0 aliphatic rings. The number of rotatable bonds is 5. The maximum absolute atomic E-state index is 11.2. The number of amides is 1. The van der Waals surface area contributed by atoms with Gasteiger partial charge in [0.15, 0.2) is 5.96 Å². The van der Waals surface area contributed by atoms with Crippen molar-refractivity contribution in [1.82, 2.24) is 10.6 Å². The highest BCUT2D eigenvalue weighted by molar-refractivity contribution is 14.0. The number of carbonyl (C=O) groups excluding carboxylic acids is 1. The van der Waals surface area contributed by atoms with Gasteiger partial charge < -0.3 is 16.4 Å². The van der Waals surface area contributed by atoms with Gasteiger partial charge in [-0.05, 0) is 42.3 Å². The van der Waals surface area contributed by atoms with Gasteiger partial charge >= 0.3 is 0 Å². The second kappa shape index (κ2) is 10.6. The zero-order valence-corrected chi connectivity index (χ0v) is 18.3. The second-order valence-electron chi connectivity index (χ2n) is 5.52. The Hall–Kier alpha value is -1.51. The predicted octanol–water partition coefficient (Wildman–Crippen LogP) is 4.14. The van der Waals surface area contributed by atoms with Gasteiger partial charge in [0, 0.05) is 29.2 Å². The van der Waals surface area contributed by atoms with E-state index in [1.807, 2.05) is 19.1 Å². The number of hydrogen-bond acceptors (Lipinski definition) is 2. The molecule has 0 aliphatic carbocycles. The number of nitrogens with one attached hydrogen (secondary N) is 2. The van der Waals surface area contributed by atoms with Crippen molar-refractivity contribution >= 4 is 59.0 Å². The first-order chi connectivity index (χ1) is 11.9. The number of primary amides is 1. The van der Waals surface area contributed by atoms with Crippen molar-refractivity contribution in [1.29, 1.82) is 0 Å². The molecule has 0 fully saturated rings. The molecule has 0 spiro atoms. The summed E-state index contributed by atoms with van der Waals surface area (Å²) >= 11 is 12.2. The molecule has 140 valence electrons. The first kappa shape index (κ1) is 22.5. The van der Waals surface area contributed by atoms with Crippen LogP contribution in [0, 0.1) is 0 Å². The van der Waals surface area contributed by atoms with E-state index in [2.05, 4.69) is 15.6 Å². The molecule has 0 saturated carbocycles. The highest BCUT2D eigenvalue weighted by Crippen LogP contribution is 2.25. The summed E-state index contributed by atoms with van der Waals surface area (Å²) in [5.74, 6) is 0.165. The number of carbonyl (C=O) groups is 1. The van der Waals surface area contributed by atoms with E-state index in [4.69, 9.17) is 28.9 Å². The highest BCUT2D eigenvalue weighted by atomic mass is 127. The van der Waals surface area contributed by atoms with Crippen molar-refractivity contribution in [3.8, 4) is 0 Å². The maximum Gasteiger partial charge on any atom is 0.248 e. The fourth-order valence-electron chi connectivity index (χ4n) is 2.35. The average molecular weight is 507 g/mol. The molecule has 0 bridgehead atoms. The van der Waals surface area contributed by atoms with Gasteiger partial charge in [-0.3, -0.25) is 9.79 Å². The van der Waals surface area contributed by atoms with E-state index in [0.29, 0.717) is 28.1 Å². The van der Waals surface area contributed by atoms with E-state index in [-0.39, 0.29) is 30.0 Å². The van der Waals surface area contributed by atoms with E-state index in [9.17, 15) is 4.79 Å². The lowest BCUT2D eigenvalue weighted by molar-refractivity contribution is 0.1000. The van der Waals surface area contributed by atoms with Gasteiger partial charge in [-0.2, -0.15) is 0 Å². The van der Waals surface area contributed by atoms with Crippen molar-refractivity contribution < 1.29 is 4.79 Å². The van der Waals surface area contributed by atoms with Crippen LogP contribution in [0.15, 0.2) is 47.5 Å². The molecule has 0 radical (unpaired) electrons. The average Bonchev–Trinajstić information content (AvgIpc) is 2.58. The van der Waals surface area contributed by atoms with Gasteiger partial charge in [-0.25, -0.2) is 0 Å². The van der Waals surface area contributed by atoms with Gasteiger partial charge in [0.25, 0.3) is 0 Å². The molecule has 4 N–H and O–H groups in total. The zero-order chi connectivity index (χ0) is 18.4. The van der Waals surface area contributed by atoms with Crippen molar-refractivity contribution in [2.75, 3.05) is 7.05 Å². The van der Waals surface area contributed by atoms with Crippen molar-refractivity contribution in [3.05, 3.63) is 69.2 Å². The van der Waals surface area contributed by atoms with E-state index in [1.165, 1.54) is 0 Å². The Labute approximate surface area is 180 Å². The van der Waals surface area contributed by atoms with E-state index < -0.39 is 5.91 Å². The second-order valence-corrected chi connectivity index (χ2v) is 6.37. The molecule has 1 atom stereocenters. The van der Waals surface area contributed by atoms with Crippen molar-refractivity contribution in [2.24, 2.45) is 10.7 Å². The SMILES string of the molecule is CN=C(NCc1cccc(C(N)=O)c1)NC(C)c1ccc(Cl)cc1Cl.I. The van der Waals surface area contributed by atoms with Crippen LogP contribution < -0.4 is 16.4 Å². The van der Waals surface area contributed by atoms with Crippen LogP contribution in [0.3, 0.4) is 0 Å². The van der Waals surface area contributed by atoms with Gasteiger partial charge in [-0.1, -0.05) is 41.4 Å². The number of guanidine groups is 1. The quantitative estimate of drug-likeness (QED) is 0.324. The van der Waals surface area contributed by atoms with Crippen LogP contribution in [-0.4, -0.2) is 18.9 Å². The summed E-state index contributed by atoms with van der Waals surface area (Å²) in [6, 6.07) is 12.5. The molecular weight excluding hydrogens is 486 g/mol. The summed E-state index contributed by atoms with van der Waals surface area (Å²) in [6.07, 6.45) is 0. The van der Waals surface area contributed by atoms with Crippen LogP contribution in [-0.2, 0) is 6.54 Å². The molecule has 8 heteroatoms. The molecule has 0 heterocycles. The van der Waals surface area contributed by atoms with Gasteiger partial charge in [0.1, 0.15) is 0 Å². The van der Waals surface area contributed by atoms with Crippen LogP contribution in [0.4, 0.5) is 0 Å². The fraction of sp³-hybridized carbons (Fsp3) is 0.222. The van der Waals surface area contributed by atoms with Gasteiger partial charge in [-0.15, -0.1) is 24.0 Å². The Morgan fingerprint density at radius 3 is 2.58 bits per heavy atom. The molecule has 1 unspecified atom stereocenters. The largest absolute Gasteiger partial charge is 0.366 e. The number of aliphatic imine (C=N–C) groups is 1. The Balaban J connectivity index is 0.00000338. The number of hydrogen-bond donors (Lipinski definition) is 3. The summed E-state index contributed by atoms with van der Waals surface area (Å²) in [4.78, 5) is 15.5. The molecule has 2 aromatic carbocycles. The van der Waals surface area contributed by atoms with Crippen LogP contribution in [0.25, 0.3) is 0 Å². The van der Waals surface area contributed by atoms with E-state index >= 15 is 0 Å².